The normalized spacial score (nSPS) is 29.7. The highest BCUT2D eigenvalue weighted by Crippen LogP contribution is 2.41. The number of nitrogens with zero attached hydrogens (tertiary/aromatic N) is 4. The summed E-state index contributed by atoms with van der Waals surface area (Å²) in [6.45, 7) is 4.43. The molecule has 1 saturated carbocycles. The number of rotatable bonds is 4. The van der Waals surface area contributed by atoms with E-state index in [0.29, 0.717) is 25.0 Å². The molecule has 0 radical (unpaired) electrons. The third kappa shape index (κ3) is 3.43. The average Bonchev–Trinajstić information content (AvgIpc) is 3.10. The van der Waals surface area contributed by atoms with Gasteiger partial charge in [0, 0.05) is 39.2 Å². The van der Waals surface area contributed by atoms with Crippen molar-refractivity contribution in [3.8, 4) is 0 Å². The fourth-order valence-electron chi connectivity index (χ4n) is 4.93. The van der Waals surface area contributed by atoms with Gasteiger partial charge in [0.2, 0.25) is 11.7 Å². The number of hydrogen-bond donors (Lipinski definition) is 1. The van der Waals surface area contributed by atoms with Gasteiger partial charge < -0.3 is 19.5 Å². The molecule has 2 unspecified atom stereocenters. The van der Waals surface area contributed by atoms with Gasteiger partial charge in [0.1, 0.15) is 5.82 Å². The second-order valence-electron chi connectivity index (χ2n) is 9.07. The summed E-state index contributed by atoms with van der Waals surface area (Å²) in [4.78, 5) is 27.3. The number of carbonyl (C=O) groups excluding carboxylic acids is 2. The Labute approximate surface area is 165 Å². The van der Waals surface area contributed by atoms with Crippen molar-refractivity contribution >= 4 is 11.8 Å². The fraction of sp³-hybridized carbons (Fsp3) is 0.800. The van der Waals surface area contributed by atoms with Gasteiger partial charge in [-0.25, -0.2) is 0 Å². The van der Waals surface area contributed by atoms with Crippen LogP contribution in [0, 0.1) is 17.3 Å². The molecule has 1 spiro atoms. The number of hydrogen-bond acceptors (Lipinski definition) is 5. The first-order chi connectivity index (χ1) is 13.6. The molecule has 4 aliphatic rings. The van der Waals surface area contributed by atoms with Crippen LogP contribution in [0.3, 0.4) is 0 Å². The third-order valence-corrected chi connectivity index (χ3v) is 7.05. The molecule has 2 atom stereocenters. The molecule has 1 aliphatic carbocycles. The van der Waals surface area contributed by atoms with Gasteiger partial charge >= 0.3 is 0 Å². The van der Waals surface area contributed by atoms with Crippen LogP contribution in [0.1, 0.15) is 55.0 Å². The van der Waals surface area contributed by atoms with E-state index in [0.717, 1.165) is 64.1 Å². The van der Waals surface area contributed by atoms with Gasteiger partial charge in [-0.2, -0.15) is 0 Å². The van der Waals surface area contributed by atoms with Crippen molar-refractivity contribution in [2.75, 3.05) is 32.8 Å². The first kappa shape index (κ1) is 18.1. The topological polar surface area (TPSA) is 89.4 Å². The summed E-state index contributed by atoms with van der Waals surface area (Å²) in [5, 5.41) is 11.5. The molecule has 8 heteroatoms. The molecule has 4 heterocycles. The Bertz CT molecular complexity index is 768. The maximum Gasteiger partial charge on any atom is 0.289 e. The van der Waals surface area contributed by atoms with Crippen LogP contribution in [-0.4, -0.2) is 64.3 Å². The molecule has 5 rings (SSSR count). The Balaban J connectivity index is 1.24. The van der Waals surface area contributed by atoms with E-state index < -0.39 is 0 Å². The molecule has 3 fully saturated rings. The van der Waals surface area contributed by atoms with Gasteiger partial charge in [-0.15, -0.1) is 10.2 Å². The molecule has 8 nitrogen and oxygen atoms in total. The molecule has 152 valence electrons. The number of aryl methyl sites for hydroxylation is 1. The molecule has 3 aliphatic heterocycles. The number of fused-ring (bicyclic) bond motifs is 1. The average molecular weight is 387 g/mol. The highest BCUT2D eigenvalue weighted by Gasteiger charge is 2.43. The largest absolute Gasteiger partial charge is 0.381 e. The zero-order valence-electron chi connectivity index (χ0n) is 16.4. The molecule has 1 aromatic rings. The van der Waals surface area contributed by atoms with E-state index in [9.17, 15) is 9.59 Å². The van der Waals surface area contributed by atoms with Crippen molar-refractivity contribution in [1.29, 1.82) is 0 Å². The third-order valence-electron chi connectivity index (χ3n) is 7.05. The van der Waals surface area contributed by atoms with Crippen LogP contribution in [0.15, 0.2) is 0 Å². The van der Waals surface area contributed by atoms with Gasteiger partial charge in [0.15, 0.2) is 0 Å². The number of likely N-dealkylation sites (tertiary alicyclic amines) is 1. The van der Waals surface area contributed by atoms with Crippen molar-refractivity contribution in [2.24, 2.45) is 17.3 Å². The van der Waals surface area contributed by atoms with Crippen molar-refractivity contribution in [3.63, 3.8) is 0 Å². The summed E-state index contributed by atoms with van der Waals surface area (Å²) >= 11 is 0. The lowest BCUT2D eigenvalue weighted by Gasteiger charge is -2.28. The minimum Gasteiger partial charge on any atom is -0.381 e. The lowest BCUT2D eigenvalue weighted by molar-refractivity contribution is -0.134. The van der Waals surface area contributed by atoms with Crippen molar-refractivity contribution in [1.82, 2.24) is 25.0 Å². The summed E-state index contributed by atoms with van der Waals surface area (Å²) in [7, 11) is 0. The summed E-state index contributed by atoms with van der Waals surface area (Å²) < 4.78 is 7.40. The van der Waals surface area contributed by atoms with E-state index in [2.05, 4.69) is 20.4 Å². The van der Waals surface area contributed by atoms with Crippen LogP contribution in [0.25, 0.3) is 0 Å². The van der Waals surface area contributed by atoms with E-state index in [-0.39, 0.29) is 23.1 Å². The van der Waals surface area contributed by atoms with Gasteiger partial charge in [-0.3, -0.25) is 9.59 Å². The number of ether oxygens (including phenoxy) is 1. The molecule has 1 aromatic heterocycles. The Morgan fingerprint density at radius 1 is 1.14 bits per heavy atom. The standard InChI is InChI=1S/C20H29N5O3/c26-18(21-11-14-1-2-14)17-23-22-16-3-5-20(7-9-25(16)17)6-8-24(13-20)19(27)15-4-10-28-12-15/h14-15H,1-13H2,(H,21,26). The van der Waals surface area contributed by atoms with Crippen LogP contribution in [0.4, 0.5) is 0 Å². The zero-order chi connectivity index (χ0) is 19.1. The zero-order valence-corrected chi connectivity index (χ0v) is 16.4. The highest BCUT2D eigenvalue weighted by atomic mass is 16.5. The van der Waals surface area contributed by atoms with Crippen LogP contribution in [-0.2, 0) is 22.5 Å². The summed E-state index contributed by atoms with van der Waals surface area (Å²) in [6, 6.07) is 0. The van der Waals surface area contributed by atoms with Crippen molar-refractivity contribution < 1.29 is 14.3 Å². The predicted molar refractivity (Wildman–Crippen MR) is 101 cm³/mol. The minimum atomic E-state index is -0.106. The first-order valence-corrected chi connectivity index (χ1v) is 10.7. The molecule has 0 aromatic carbocycles. The highest BCUT2D eigenvalue weighted by molar-refractivity contribution is 5.90. The predicted octanol–water partition coefficient (Wildman–Crippen LogP) is 1.01. The SMILES string of the molecule is O=C(NCC1CC1)c1nnc2n1CCC1(CC2)CCN(C(=O)C2CCOC2)C1. The molecule has 1 N–H and O–H groups in total. The van der Waals surface area contributed by atoms with Gasteiger partial charge in [0.25, 0.3) is 5.91 Å². The van der Waals surface area contributed by atoms with E-state index in [1.54, 1.807) is 0 Å². The summed E-state index contributed by atoms with van der Waals surface area (Å²) in [6.07, 6.45) is 7.09. The second kappa shape index (κ2) is 7.13. The Hall–Kier alpha value is -1.96. The van der Waals surface area contributed by atoms with Crippen LogP contribution >= 0.6 is 0 Å². The van der Waals surface area contributed by atoms with Gasteiger partial charge in [-0.1, -0.05) is 0 Å². The quantitative estimate of drug-likeness (QED) is 0.833. The molecule has 2 amide bonds. The molecular formula is C20H29N5O3. The maximum atomic E-state index is 12.8. The molecule has 28 heavy (non-hydrogen) atoms. The van der Waals surface area contributed by atoms with E-state index in [1.165, 1.54) is 12.8 Å². The Kier molecular flexibility index (Phi) is 4.61. The number of aromatic nitrogens is 3. The fourth-order valence-corrected chi connectivity index (χ4v) is 4.93. The van der Waals surface area contributed by atoms with Gasteiger partial charge in [0.05, 0.1) is 12.5 Å². The molecule has 2 saturated heterocycles. The number of carbonyl (C=O) groups is 2. The lowest BCUT2D eigenvalue weighted by atomic mass is 9.80. The number of amides is 2. The molecule has 0 bridgehead atoms. The maximum absolute atomic E-state index is 12.8. The first-order valence-electron chi connectivity index (χ1n) is 10.7. The van der Waals surface area contributed by atoms with Crippen LogP contribution in [0.2, 0.25) is 0 Å². The summed E-state index contributed by atoms with van der Waals surface area (Å²) in [5.41, 5.74) is 0.136. The van der Waals surface area contributed by atoms with E-state index in [4.69, 9.17) is 4.74 Å². The minimum absolute atomic E-state index is 0.0438. The van der Waals surface area contributed by atoms with E-state index in [1.807, 2.05) is 4.57 Å². The monoisotopic (exact) mass is 387 g/mol. The Morgan fingerprint density at radius 2 is 2.00 bits per heavy atom. The van der Waals surface area contributed by atoms with Crippen LogP contribution in [0.5, 0.6) is 0 Å². The van der Waals surface area contributed by atoms with Crippen LogP contribution < -0.4 is 5.32 Å². The second-order valence-corrected chi connectivity index (χ2v) is 9.07. The van der Waals surface area contributed by atoms with Gasteiger partial charge in [-0.05, 0) is 49.9 Å². The Morgan fingerprint density at radius 3 is 2.79 bits per heavy atom. The van der Waals surface area contributed by atoms with Crippen molar-refractivity contribution in [3.05, 3.63) is 11.6 Å². The summed E-state index contributed by atoms with van der Waals surface area (Å²) in [5.74, 6) is 2.20. The smallest absolute Gasteiger partial charge is 0.289 e. The van der Waals surface area contributed by atoms with E-state index >= 15 is 0 Å². The number of nitrogens with one attached hydrogen (secondary N) is 1. The lowest BCUT2D eigenvalue weighted by Crippen LogP contribution is -2.37. The molecular weight excluding hydrogens is 358 g/mol. The van der Waals surface area contributed by atoms with Crippen molar-refractivity contribution in [2.45, 2.75) is 51.5 Å².